The van der Waals surface area contributed by atoms with Crippen molar-refractivity contribution in [2.24, 2.45) is 0 Å². The highest BCUT2D eigenvalue weighted by Crippen LogP contribution is 2.20. The van der Waals surface area contributed by atoms with Crippen LogP contribution in [0.1, 0.15) is 36.0 Å². The van der Waals surface area contributed by atoms with E-state index in [0.717, 1.165) is 25.7 Å². The Kier molecular flexibility index (Phi) is 4.87. The molecular formula is C14H19FN2O2. The van der Waals surface area contributed by atoms with Gasteiger partial charge in [0.25, 0.3) is 5.91 Å². The number of hydroxylamine groups is 1. The molecule has 2 rings (SSSR count). The predicted octanol–water partition coefficient (Wildman–Crippen LogP) is 2.02. The Morgan fingerprint density at radius 3 is 2.58 bits per heavy atom. The van der Waals surface area contributed by atoms with Gasteiger partial charge in [-0.3, -0.25) is 9.63 Å². The Labute approximate surface area is 112 Å². The van der Waals surface area contributed by atoms with E-state index in [2.05, 4.69) is 10.8 Å². The second kappa shape index (κ2) is 6.63. The standard InChI is InChI=1S/C14H19FN2O2/c1-16-10-6-8-11(9-7-10)19-17-14(18)12-4-2-3-5-13(12)15/h2-5,10-11,16H,6-9H2,1H3,(H,17,18). The second-order valence-electron chi connectivity index (χ2n) is 4.79. The van der Waals surface area contributed by atoms with Gasteiger partial charge in [-0.25, -0.2) is 9.87 Å². The summed E-state index contributed by atoms with van der Waals surface area (Å²) in [5.74, 6) is -1.07. The molecule has 0 heterocycles. The van der Waals surface area contributed by atoms with E-state index in [9.17, 15) is 9.18 Å². The van der Waals surface area contributed by atoms with Crippen molar-refractivity contribution in [3.8, 4) is 0 Å². The molecule has 0 bridgehead atoms. The largest absolute Gasteiger partial charge is 0.317 e. The molecule has 0 atom stereocenters. The predicted molar refractivity (Wildman–Crippen MR) is 70.1 cm³/mol. The van der Waals surface area contributed by atoms with Crippen LogP contribution >= 0.6 is 0 Å². The number of amides is 1. The van der Waals surface area contributed by atoms with E-state index in [1.807, 2.05) is 7.05 Å². The zero-order valence-electron chi connectivity index (χ0n) is 11.0. The lowest BCUT2D eigenvalue weighted by Crippen LogP contribution is -2.37. The molecule has 1 aliphatic carbocycles. The number of carbonyl (C=O) groups is 1. The zero-order chi connectivity index (χ0) is 13.7. The average Bonchev–Trinajstić information content (AvgIpc) is 2.46. The fourth-order valence-electron chi connectivity index (χ4n) is 2.31. The van der Waals surface area contributed by atoms with Gasteiger partial charge < -0.3 is 5.32 Å². The van der Waals surface area contributed by atoms with Crippen LogP contribution in [0, 0.1) is 5.82 Å². The van der Waals surface area contributed by atoms with Crippen molar-refractivity contribution in [2.75, 3.05) is 7.05 Å². The SMILES string of the molecule is CNC1CCC(ONC(=O)c2ccccc2F)CC1. The second-order valence-corrected chi connectivity index (χ2v) is 4.79. The van der Waals surface area contributed by atoms with Gasteiger partial charge in [-0.2, -0.15) is 0 Å². The number of nitrogens with one attached hydrogen (secondary N) is 2. The van der Waals surface area contributed by atoms with Gasteiger partial charge in [-0.1, -0.05) is 12.1 Å². The summed E-state index contributed by atoms with van der Waals surface area (Å²) in [5, 5.41) is 3.23. The molecule has 0 unspecified atom stereocenters. The number of halogens is 1. The number of hydrogen-bond acceptors (Lipinski definition) is 3. The van der Waals surface area contributed by atoms with Crippen LogP contribution in [0.15, 0.2) is 24.3 Å². The number of hydrogen-bond donors (Lipinski definition) is 2. The van der Waals surface area contributed by atoms with Gasteiger partial charge in [0.1, 0.15) is 5.82 Å². The molecule has 0 aliphatic heterocycles. The van der Waals surface area contributed by atoms with Crippen LogP contribution in [-0.2, 0) is 4.84 Å². The van der Waals surface area contributed by atoms with Crippen LogP contribution in [0.25, 0.3) is 0 Å². The molecule has 1 saturated carbocycles. The van der Waals surface area contributed by atoms with Crippen LogP contribution in [0.2, 0.25) is 0 Å². The molecule has 0 saturated heterocycles. The summed E-state index contributed by atoms with van der Waals surface area (Å²) in [6.07, 6.45) is 3.85. The van der Waals surface area contributed by atoms with E-state index >= 15 is 0 Å². The third kappa shape index (κ3) is 3.75. The van der Waals surface area contributed by atoms with E-state index in [4.69, 9.17) is 4.84 Å². The fraction of sp³-hybridized carbons (Fsp3) is 0.500. The number of carbonyl (C=O) groups excluding carboxylic acids is 1. The molecule has 1 aromatic carbocycles. The average molecular weight is 266 g/mol. The van der Waals surface area contributed by atoms with E-state index in [1.54, 1.807) is 12.1 Å². The summed E-state index contributed by atoms with van der Waals surface area (Å²) in [7, 11) is 1.95. The summed E-state index contributed by atoms with van der Waals surface area (Å²) < 4.78 is 13.4. The monoisotopic (exact) mass is 266 g/mol. The van der Waals surface area contributed by atoms with Crippen molar-refractivity contribution >= 4 is 5.91 Å². The Morgan fingerprint density at radius 2 is 1.95 bits per heavy atom. The molecule has 2 N–H and O–H groups in total. The first-order valence-electron chi connectivity index (χ1n) is 6.58. The fourth-order valence-corrected chi connectivity index (χ4v) is 2.31. The normalized spacial score (nSPS) is 23.1. The van der Waals surface area contributed by atoms with Gasteiger partial charge in [0, 0.05) is 6.04 Å². The Balaban J connectivity index is 1.80. The van der Waals surface area contributed by atoms with Gasteiger partial charge in [0.15, 0.2) is 0 Å². The maximum Gasteiger partial charge on any atom is 0.277 e. The number of benzene rings is 1. The molecule has 19 heavy (non-hydrogen) atoms. The van der Waals surface area contributed by atoms with Crippen molar-refractivity contribution in [1.82, 2.24) is 10.8 Å². The van der Waals surface area contributed by atoms with Crippen LogP contribution in [-0.4, -0.2) is 25.1 Å². The van der Waals surface area contributed by atoms with E-state index < -0.39 is 11.7 Å². The van der Waals surface area contributed by atoms with Crippen molar-refractivity contribution in [3.63, 3.8) is 0 Å². The molecule has 0 spiro atoms. The maximum absolute atomic E-state index is 13.4. The highest BCUT2D eigenvalue weighted by Gasteiger charge is 2.22. The minimum atomic E-state index is -0.539. The van der Waals surface area contributed by atoms with E-state index in [1.165, 1.54) is 12.1 Å². The first-order valence-corrected chi connectivity index (χ1v) is 6.58. The first-order chi connectivity index (χ1) is 9.20. The van der Waals surface area contributed by atoms with Crippen LogP contribution < -0.4 is 10.8 Å². The summed E-state index contributed by atoms with van der Waals surface area (Å²) >= 11 is 0. The molecule has 5 heteroatoms. The minimum absolute atomic E-state index is 0.00594. The molecule has 0 aromatic heterocycles. The van der Waals surface area contributed by atoms with Gasteiger partial charge in [0.05, 0.1) is 11.7 Å². The van der Waals surface area contributed by atoms with Gasteiger partial charge >= 0.3 is 0 Å². The summed E-state index contributed by atoms with van der Waals surface area (Å²) in [6, 6.07) is 6.39. The van der Waals surface area contributed by atoms with Gasteiger partial charge in [-0.05, 0) is 44.9 Å². The van der Waals surface area contributed by atoms with Crippen molar-refractivity contribution in [1.29, 1.82) is 0 Å². The lowest BCUT2D eigenvalue weighted by molar-refractivity contribution is -0.0344. The highest BCUT2D eigenvalue weighted by molar-refractivity contribution is 5.93. The van der Waals surface area contributed by atoms with Gasteiger partial charge in [-0.15, -0.1) is 0 Å². The maximum atomic E-state index is 13.4. The van der Waals surface area contributed by atoms with Crippen molar-refractivity contribution in [2.45, 2.75) is 37.8 Å². The molecule has 104 valence electrons. The van der Waals surface area contributed by atoms with Crippen LogP contribution in [0.4, 0.5) is 4.39 Å². The highest BCUT2D eigenvalue weighted by atomic mass is 19.1. The van der Waals surface area contributed by atoms with E-state index in [0.29, 0.717) is 6.04 Å². The summed E-state index contributed by atoms with van der Waals surface area (Å²) in [5.41, 5.74) is 2.35. The molecule has 0 radical (unpaired) electrons. The lowest BCUT2D eigenvalue weighted by atomic mass is 9.93. The van der Waals surface area contributed by atoms with Crippen molar-refractivity contribution in [3.05, 3.63) is 35.6 Å². The van der Waals surface area contributed by atoms with Crippen LogP contribution in [0.3, 0.4) is 0 Å². The van der Waals surface area contributed by atoms with Gasteiger partial charge in [0.2, 0.25) is 0 Å². The van der Waals surface area contributed by atoms with E-state index in [-0.39, 0.29) is 11.7 Å². The molecule has 1 fully saturated rings. The van der Waals surface area contributed by atoms with Crippen LogP contribution in [0.5, 0.6) is 0 Å². The molecule has 1 aliphatic rings. The molecule has 1 amide bonds. The minimum Gasteiger partial charge on any atom is -0.317 e. The van der Waals surface area contributed by atoms with Crippen molar-refractivity contribution < 1.29 is 14.0 Å². The lowest BCUT2D eigenvalue weighted by Gasteiger charge is -2.27. The Bertz CT molecular complexity index is 431. The number of rotatable bonds is 4. The third-order valence-corrected chi connectivity index (χ3v) is 3.52. The topological polar surface area (TPSA) is 50.4 Å². The Hall–Kier alpha value is -1.46. The first kappa shape index (κ1) is 14.0. The quantitative estimate of drug-likeness (QED) is 0.820. The molecular weight excluding hydrogens is 247 g/mol. The third-order valence-electron chi connectivity index (χ3n) is 3.52. The zero-order valence-corrected chi connectivity index (χ0v) is 11.0. The molecule has 1 aromatic rings. The summed E-state index contributed by atoms with van der Waals surface area (Å²) in [4.78, 5) is 17.1. The smallest absolute Gasteiger partial charge is 0.277 e. The molecule has 4 nitrogen and oxygen atoms in total. The Morgan fingerprint density at radius 1 is 1.26 bits per heavy atom. The summed E-state index contributed by atoms with van der Waals surface area (Å²) in [6.45, 7) is 0.